The van der Waals surface area contributed by atoms with Gasteiger partial charge in [0.05, 0.1) is 23.7 Å². The van der Waals surface area contributed by atoms with E-state index < -0.39 is 17.1 Å². The number of non-ortho nitro benzene ring substituents is 1. The number of nitro benzene ring substituents is 1. The predicted molar refractivity (Wildman–Crippen MR) is 110 cm³/mol. The van der Waals surface area contributed by atoms with Gasteiger partial charge in [0.1, 0.15) is 0 Å². The van der Waals surface area contributed by atoms with E-state index in [-0.39, 0.29) is 18.7 Å². The van der Waals surface area contributed by atoms with Crippen LogP contribution in [0.3, 0.4) is 0 Å². The molecule has 0 radical (unpaired) electrons. The maximum Gasteiger partial charge on any atom is 0.269 e. The van der Waals surface area contributed by atoms with Crippen LogP contribution in [0.5, 0.6) is 0 Å². The van der Waals surface area contributed by atoms with Crippen LogP contribution in [0.25, 0.3) is 0 Å². The normalized spacial score (nSPS) is 17.1. The summed E-state index contributed by atoms with van der Waals surface area (Å²) in [5.74, 6) is 0. The van der Waals surface area contributed by atoms with Crippen molar-refractivity contribution in [1.29, 1.82) is 0 Å². The standard InChI is InChI=1S/C21H27N3O5/c25-15-16-1-3-17(4-2-16)21(27)13-20(26)14-22-9-11-23(12-10-22)18-5-7-19(8-6-18)24(28)29/h1-8,20-21,25-27H,9-15H2. The summed E-state index contributed by atoms with van der Waals surface area (Å²) in [6.07, 6.45) is -1.14. The summed E-state index contributed by atoms with van der Waals surface area (Å²) in [5.41, 5.74) is 2.55. The predicted octanol–water partition coefficient (Wildman–Crippen LogP) is 1.69. The van der Waals surface area contributed by atoms with E-state index in [0.717, 1.165) is 43.0 Å². The van der Waals surface area contributed by atoms with Crippen LogP contribution in [0.15, 0.2) is 48.5 Å². The molecule has 1 aliphatic rings. The highest BCUT2D eigenvalue weighted by Crippen LogP contribution is 2.22. The van der Waals surface area contributed by atoms with Gasteiger partial charge < -0.3 is 20.2 Å². The van der Waals surface area contributed by atoms with Crippen LogP contribution in [0.2, 0.25) is 0 Å². The Morgan fingerprint density at radius 2 is 1.59 bits per heavy atom. The number of β-amino-alcohol motifs (C(OH)–C–C–N with tert-alkyl or cyclic N) is 1. The molecule has 0 aromatic heterocycles. The van der Waals surface area contributed by atoms with E-state index >= 15 is 0 Å². The zero-order chi connectivity index (χ0) is 20.8. The molecule has 0 aliphatic carbocycles. The molecule has 2 atom stereocenters. The van der Waals surface area contributed by atoms with Gasteiger partial charge in [0.2, 0.25) is 0 Å². The zero-order valence-corrected chi connectivity index (χ0v) is 16.2. The van der Waals surface area contributed by atoms with E-state index in [4.69, 9.17) is 5.11 Å². The number of benzene rings is 2. The van der Waals surface area contributed by atoms with Gasteiger partial charge in [-0.05, 0) is 23.3 Å². The summed E-state index contributed by atoms with van der Waals surface area (Å²) in [6.45, 7) is 3.54. The second kappa shape index (κ2) is 9.80. The molecule has 2 unspecified atom stereocenters. The van der Waals surface area contributed by atoms with Crippen molar-refractivity contribution in [3.63, 3.8) is 0 Å². The fourth-order valence-corrected chi connectivity index (χ4v) is 3.59. The molecule has 3 N–H and O–H groups in total. The van der Waals surface area contributed by atoms with Gasteiger partial charge in [-0.1, -0.05) is 24.3 Å². The maximum absolute atomic E-state index is 10.8. The average Bonchev–Trinajstić information content (AvgIpc) is 2.74. The monoisotopic (exact) mass is 401 g/mol. The van der Waals surface area contributed by atoms with Crippen LogP contribution in [-0.4, -0.2) is 64.0 Å². The van der Waals surface area contributed by atoms with Gasteiger partial charge in [-0.3, -0.25) is 15.0 Å². The topological polar surface area (TPSA) is 110 Å². The Kier molecular flexibility index (Phi) is 7.16. The molecule has 1 fully saturated rings. The van der Waals surface area contributed by atoms with E-state index in [1.165, 1.54) is 12.1 Å². The van der Waals surface area contributed by atoms with Crippen molar-refractivity contribution >= 4 is 11.4 Å². The molecular weight excluding hydrogens is 374 g/mol. The van der Waals surface area contributed by atoms with Gasteiger partial charge in [-0.15, -0.1) is 0 Å². The van der Waals surface area contributed by atoms with Crippen molar-refractivity contribution in [2.45, 2.75) is 25.2 Å². The van der Waals surface area contributed by atoms with Crippen molar-refractivity contribution in [3.05, 3.63) is 69.8 Å². The van der Waals surface area contributed by atoms with E-state index in [9.17, 15) is 20.3 Å². The third-order valence-corrected chi connectivity index (χ3v) is 5.31. The lowest BCUT2D eigenvalue weighted by Crippen LogP contribution is -2.48. The van der Waals surface area contributed by atoms with Crippen LogP contribution in [-0.2, 0) is 6.61 Å². The van der Waals surface area contributed by atoms with Crippen LogP contribution in [0.1, 0.15) is 23.7 Å². The molecule has 1 aliphatic heterocycles. The molecule has 8 nitrogen and oxygen atoms in total. The number of aliphatic hydroxyl groups is 3. The fraction of sp³-hybridized carbons (Fsp3) is 0.429. The molecule has 0 amide bonds. The van der Waals surface area contributed by atoms with Gasteiger partial charge in [-0.2, -0.15) is 0 Å². The fourth-order valence-electron chi connectivity index (χ4n) is 3.59. The van der Waals surface area contributed by atoms with Gasteiger partial charge in [0.15, 0.2) is 0 Å². The number of hydrogen-bond donors (Lipinski definition) is 3. The third kappa shape index (κ3) is 5.74. The van der Waals surface area contributed by atoms with Gasteiger partial charge in [0.25, 0.3) is 5.69 Å². The molecule has 0 saturated carbocycles. The first-order chi connectivity index (χ1) is 14.0. The Labute approximate surface area is 169 Å². The second-order valence-corrected chi connectivity index (χ2v) is 7.37. The van der Waals surface area contributed by atoms with Crippen molar-refractivity contribution in [2.75, 3.05) is 37.6 Å². The Morgan fingerprint density at radius 3 is 2.14 bits per heavy atom. The van der Waals surface area contributed by atoms with Crippen molar-refractivity contribution in [2.24, 2.45) is 0 Å². The Balaban J connectivity index is 1.45. The summed E-state index contributed by atoms with van der Waals surface area (Å²) in [7, 11) is 0. The summed E-state index contributed by atoms with van der Waals surface area (Å²) in [4.78, 5) is 14.7. The first-order valence-corrected chi connectivity index (χ1v) is 9.74. The molecule has 0 spiro atoms. The van der Waals surface area contributed by atoms with Crippen LogP contribution in [0, 0.1) is 10.1 Å². The summed E-state index contributed by atoms with van der Waals surface area (Å²) in [6, 6.07) is 13.6. The van der Waals surface area contributed by atoms with Crippen molar-refractivity contribution in [1.82, 2.24) is 4.90 Å². The number of aliphatic hydroxyl groups excluding tert-OH is 3. The van der Waals surface area contributed by atoms with Gasteiger partial charge in [0, 0.05) is 57.0 Å². The number of rotatable bonds is 8. The molecular formula is C21H27N3O5. The lowest BCUT2D eigenvalue weighted by atomic mass is 10.0. The molecule has 0 bridgehead atoms. The number of piperazine rings is 1. The SMILES string of the molecule is O=[N+]([O-])c1ccc(N2CCN(CC(O)CC(O)c3ccc(CO)cc3)CC2)cc1. The van der Waals surface area contributed by atoms with E-state index in [1.807, 2.05) is 0 Å². The summed E-state index contributed by atoms with van der Waals surface area (Å²) in [5, 5.41) is 40.6. The minimum Gasteiger partial charge on any atom is -0.392 e. The second-order valence-electron chi connectivity index (χ2n) is 7.37. The highest BCUT2D eigenvalue weighted by molar-refractivity contribution is 5.51. The highest BCUT2D eigenvalue weighted by Gasteiger charge is 2.22. The number of hydrogen-bond acceptors (Lipinski definition) is 7. The number of nitrogens with zero attached hydrogens (tertiary/aromatic N) is 3. The lowest BCUT2D eigenvalue weighted by molar-refractivity contribution is -0.384. The Hall–Kier alpha value is -2.52. The molecule has 29 heavy (non-hydrogen) atoms. The van der Waals surface area contributed by atoms with Crippen LogP contribution in [0.4, 0.5) is 11.4 Å². The molecule has 1 saturated heterocycles. The van der Waals surface area contributed by atoms with Crippen molar-refractivity contribution < 1.29 is 20.2 Å². The number of anilines is 1. The summed E-state index contributed by atoms with van der Waals surface area (Å²) >= 11 is 0. The molecule has 8 heteroatoms. The smallest absolute Gasteiger partial charge is 0.269 e. The quantitative estimate of drug-likeness (QED) is 0.456. The summed E-state index contributed by atoms with van der Waals surface area (Å²) < 4.78 is 0. The third-order valence-electron chi connectivity index (χ3n) is 5.31. The van der Waals surface area contributed by atoms with E-state index in [0.29, 0.717) is 6.54 Å². The first-order valence-electron chi connectivity index (χ1n) is 9.74. The molecule has 2 aromatic rings. The largest absolute Gasteiger partial charge is 0.392 e. The van der Waals surface area contributed by atoms with Crippen LogP contribution >= 0.6 is 0 Å². The first kappa shape index (κ1) is 21.2. The highest BCUT2D eigenvalue weighted by atomic mass is 16.6. The minimum absolute atomic E-state index is 0.0369. The van der Waals surface area contributed by atoms with Gasteiger partial charge >= 0.3 is 0 Å². The minimum atomic E-state index is -0.751. The Morgan fingerprint density at radius 1 is 0.966 bits per heavy atom. The zero-order valence-electron chi connectivity index (χ0n) is 16.2. The number of nitro groups is 1. The Bertz CT molecular complexity index is 789. The maximum atomic E-state index is 10.8. The van der Waals surface area contributed by atoms with E-state index in [1.54, 1.807) is 36.4 Å². The van der Waals surface area contributed by atoms with Gasteiger partial charge in [-0.25, -0.2) is 0 Å². The molecule has 2 aromatic carbocycles. The molecule has 3 rings (SSSR count). The average molecular weight is 401 g/mol. The van der Waals surface area contributed by atoms with Crippen LogP contribution < -0.4 is 4.90 Å². The molecule has 156 valence electrons. The lowest BCUT2D eigenvalue weighted by Gasteiger charge is -2.37. The van der Waals surface area contributed by atoms with Crippen molar-refractivity contribution in [3.8, 4) is 0 Å². The molecule has 1 heterocycles. The van der Waals surface area contributed by atoms with E-state index in [2.05, 4.69) is 9.80 Å².